The summed E-state index contributed by atoms with van der Waals surface area (Å²) in [6, 6.07) is 0. The number of hydrogen-bond acceptors (Lipinski definition) is 3. The van der Waals surface area contributed by atoms with Crippen molar-refractivity contribution in [1.82, 2.24) is 20.1 Å². The van der Waals surface area contributed by atoms with Gasteiger partial charge in [-0.05, 0) is 13.3 Å². The maximum Gasteiger partial charge on any atom is 0.147 e. The first-order chi connectivity index (χ1) is 6.72. The third-order valence-electron chi connectivity index (χ3n) is 3.27. The van der Waals surface area contributed by atoms with E-state index in [1.54, 1.807) is 0 Å². The fourth-order valence-electron chi connectivity index (χ4n) is 2.06. The highest BCUT2D eigenvalue weighted by molar-refractivity contribution is 5.23. The van der Waals surface area contributed by atoms with Crippen LogP contribution in [0.5, 0.6) is 0 Å². The van der Waals surface area contributed by atoms with Gasteiger partial charge in [-0.1, -0.05) is 0 Å². The highest BCUT2D eigenvalue weighted by atomic mass is 19.1. The largest absolute Gasteiger partial charge is 0.312 e. The summed E-state index contributed by atoms with van der Waals surface area (Å²) >= 11 is 0. The Balaban J connectivity index is 2.03. The van der Waals surface area contributed by atoms with E-state index >= 15 is 0 Å². The number of fused-ring (bicyclic) bond motifs is 1. The van der Waals surface area contributed by atoms with Gasteiger partial charge in [0.25, 0.3) is 0 Å². The average Bonchev–Trinajstić information content (AvgIpc) is 2.67. The molecule has 2 atom stereocenters. The lowest BCUT2D eigenvalue weighted by molar-refractivity contribution is 0.407. The van der Waals surface area contributed by atoms with Crippen LogP contribution in [0.4, 0.5) is 4.39 Å². The van der Waals surface area contributed by atoms with E-state index in [1.165, 1.54) is 0 Å². The van der Waals surface area contributed by atoms with Gasteiger partial charge in [0, 0.05) is 13.1 Å². The molecule has 2 aliphatic rings. The molecule has 1 saturated carbocycles. The van der Waals surface area contributed by atoms with Crippen molar-refractivity contribution < 1.29 is 4.39 Å². The van der Waals surface area contributed by atoms with E-state index in [9.17, 15) is 4.39 Å². The lowest BCUT2D eigenvalue weighted by atomic mass is 10.1. The van der Waals surface area contributed by atoms with Crippen molar-refractivity contribution in [2.24, 2.45) is 0 Å². The van der Waals surface area contributed by atoms with Gasteiger partial charge in [-0.15, -0.1) is 10.2 Å². The first-order valence-electron chi connectivity index (χ1n) is 4.99. The van der Waals surface area contributed by atoms with Crippen molar-refractivity contribution in [3.63, 3.8) is 0 Å². The zero-order valence-corrected chi connectivity index (χ0v) is 8.13. The summed E-state index contributed by atoms with van der Waals surface area (Å²) in [6.45, 7) is 4.46. The normalized spacial score (nSPS) is 35.4. The van der Waals surface area contributed by atoms with E-state index in [0.717, 1.165) is 31.3 Å². The molecule has 0 radical (unpaired) electrons. The van der Waals surface area contributed by atoms with E-state index in [2.05, 4.69) is 20.1 Å². The van der Waals surface area contributed by atoms with Crippen molar-refractivity contribution in [2.75, 3.05) is 6.54 Å². The number of halogens is 1. The van der Waals surface area contributed by atoms with Crippen LogP contribution in [0.25, 0.3) is 0 Å². The van der Waals surface area contributed by atoms with E-state index in [-0.39, 0.29) is 5.41 Å². The van der Waals surface area contributed by atoms with Crippen LogP contribution < -0.4 is 5.32 Å². The summed E-state index contributed by atoms with van der Waals surface area (Å²) in [5, 5.41) is 11.4. The molecular formula is C9H13FN4. The predicted molar refractivity (Wildman–Crippen MR) is 48.6 cm³/mol. The molecule has 1 fully saturated rings. The Kier molecular flexibility index (Phi) is 1.51. The van der Waals surface area contributed by atoms with Gasteiger partial charge < -0.3 is 9.88 Å². The molecule has 2 unspecified atom stereocenters. The molecule has 1 aromatic heterocycles. The summed E-state index contributed by atoms with van der Waals surface area (Å²) in [7, 11) is 0. The summed E-state index contributed by atoms with van der Waals surface area (Å²) < 4.78 is 15.3. The number of nitrogens with one attached hydrogen (secondary N) is 1. The maximum absolute atomic E-state index is 13.2. The molecule has 1 aromatic rings. The fraction of sp³-hybridized carbons (Fsp3) is 0.778. The minimum Gasteiger partial charge on any atom is -0.312 e. The second-order valence-electron chi connectivity index (χ2n) is 4.36. The van der Waals surface area contributed by atoms with Gasteiger partial charge in [-0.3, -0.25) is 0 Å². The molecule has 0 bridgehead atoms. The SMILES string of the molecule is CC1(c2nnc3n2CCNC3)CC1F. The van der Waals surface area contributed by atoms with Crippen molar-refractivity contribution in [3.05, 3.63) is 11.6 Å². The maximum atomic E-state index is 13.2. The number of nitrogens with zero attached hydrogens (tertiary/aromatic N) is 3. The second-order valence-corrected chi connectivity index (χ2v) is 4.36. The molecule has 2 heterocycles. The summed E-state index contributed by atoms with van der Waals surface area (Å²) in [6.07, 6.45) is -0.135. The van der Waals surface area contributed by atoms with Crippen molar-refractivity contribution in [2.45, 2.75) is 38.0 Å². The predicted octanol–water partition coefficient (Wildman–Crippen LogP) is 0.381. The molecule has 76 valence electrons. The van der Waals surface area contributed by atoms with Crippen LogP contribution in [0.2, 0.25) is 0 Å². The van der Waals surface area contributed by atoms with Gasteiger partial charge in [0.15, 0.2) is 0 Å². The van der Waals surface area contributed by atoms with Crippen LogP contribution in [-0.4, -0.2) is 27.5 Å². The Bertz CT molecular complexity index is 375. The molecule has 5 heteroatoms. The van der Waals surface area contributed by atoms with Gasteiger partial charge >= 0.3 is 0 Å². The van der Waals surface area contributed by atoms with Crippen LogP contribution in [-0.2, 0) is 18.5 Å². The third kappa shape index (κ3) is 0.958. The highest BCUT2D eigenvalue weighted by Crippen LogP contribution is 2.49. The van der Waals surface area contributed by atoms with Crippen molar-refractivity contribution in [3.8, 4) is 0 Å². The Morgan fingerprint density at radius 2 is 2.36 bits per heavy atom. The van der Waals surface area contributed by atoms with Gasteiger partial charge in [0.1, 0.15) is 17.8 Å². The Labute approximate surface area is 81.5 Å². The molecular weight excluding hydrogens is 183 g/mol. The van der Waals surface area contributed by atoms with Crippen LogP contribution in [0.1, 0.15) is 25.0 Å². The number of rotatable bonds is 1. The smallest absolute Gasteiger partial charge is 0.147 e. The molecule has 1 aliphatic heterocycles. The topological polar surface area (TPSA) is 42.7 Å². The van der Waals surface area contributed by atoms with Gasteiger partial charge in [0.2, 0.25) is 0 Å². The van der Waals surface area contributed by atoms with E-state index < -0.39 is 6.17 Å². The lowest BCUT2D eigenvalue weighted by Gasteiger charge is -2.18. The molecule has 0 spiro atoms. The molecule has 14 heavy (non-hydrogen) atoms. The minimum absolute atomic E-state index is 0.359. The van der Waals surface area contributed by atoms with Gasteiger partial charge in [-0.25, -0.2) is 4.39 Å². The monoisotopic (exact) mass is 196 g/mol. The lowest BCUT2D eigenvalue weighted by Crippen LogP contribution is -2.30. The number of hydrogen-bond donors (Lipinski definition) is 1. The van der Waals surface area contributed by atoms with Crippen LogP contribution in [0, 0.1) is 0 Å². The van der Waals surface area contributed by atoms with Gasteiger partial charge in [0.05, 0.1) is 12.0 Å². The van der Waals surface area contributed by atoms with E-state index in [0.29, 0.717) is 6.42 Å². The summed E-state index contributed by atoms with van der Waals surface area (Å²) in [4.78, 5) is 0. The Hall–Kier alpha value is -0.970. The first-order valence-corrected chi connectivity index (χ1v) is 4.99. The molecule has 0 aromatic carbocycles. The molecule has 4 nitrogen and oxygen atoms in total. The van der Waals surface area contributed by atoms with Crippen molar-refractivity contribution >= 4 is 0 Å². The van der Waals surface area contributed by atoms with Gasteiger partial charge in [-0.2, -0.15) is 0 Å². The number of alkyl halides is 1. The molecule has 0 saturated heterocycles. The van der Waals surface area contributed by atoms with E-state index in [1.807, 2.05) is 6.92 Å². The van der Waals surface area contributed by atoms with Crippen LogP contribution in [0.3, 0.4) is 0 Å². The third-order valence-corrected chi connectivity index (χ3v) is 3.27. The van der Waals surface area contributed by atoms with Crippen LogP contribution in [0.15, 0.2) is 0 Å². The fourth-order valence-corrected chi connectivity index (χ4v) is 2.06. The standard InChI is InChI=1S/C9H13FN4/c1-9(4-6(9)10)8-13-12-7-5-11-2-3-14(7)8/h6,11H,2-5H2,1H3. The molecule has 3 rings (SSSR count). The Morgan fingerprint density at radius 3 is 3.07 bits per heavy atom. The highest BCUT2D eigenvalue weighted by Gasteiger charge is 2.56. The average molecular weight is 196 g/mol. The molecule has 1 aliphatic carbocycles. The zero-order valence-electron chi connectivity index (χ0n) is 8.13. The van der Waals surface area contributed by atoms with Crippen molar-refractivity contribution in [1.29, 1.82) is 0 Å². The zero-order chi connectivity index (χ0) is 9.76. The van der Waals surface area contributed by atoms with Crippen LogP contribution >= 0.6 is 0 Å². The first kappa shape index (κ1) is 8.35. The summed E-state index contributed by atoms with van der Waals surface area (Å²) in [5.41, 5.74) is -0.359. The second kappa shape index (κ2) is 2.53. The number of aromatic nitrogens is 3. The minimum atomic E-state index is -0.731. The Morgan fingerprint density at radius 1 is 1.57 bits per heavy atom. The molecule has 0 amide bonds. The quantitative estimate of drug-likeness (QED) is 0.706. The van der Waals surface area contributed by atoms with E-state index in [4.69, 9.17) is 0 Å². The summed E-state index contributed by atoms with van der Waals surface area (Å²) in [5.74, 6) is 1.77. The molecule has 1 N–H and O–H groups in total.